The minimum atomic E-state index is 0.357. The van der Waals surface area contributed by atoms with Crippen LogP contribution in [-0.2, 0) is 0 Å². The van der Waals surface area contributed by atoms with Crippen LogP contribution in [0, 0.1) is 11.3 Å². The molecule has 100 valence electrons. The summed E-state index contributed by atoms with van der Waals surface area (Å²) in [7, 11) is 0. The molecule has 2 aromatic rings. The highest BCUT2D eigenvalue weighted by Crippen LogP contribution is 2.23. The summed E-state index contributed by atoms with van der Waals surface area (Å²) in [6.07, 6.45) is 3.97. The quantitative estimate of drug-likeness (QED) is 0.892. The van der Waals surface area contributed by atoms with E-state index in [1.54, 1.807) is 12.3 Å². The van der Waals surface area contributed by atoms with Crippen molar-refractivity contribution in [3.8, 4) is 6.07 Å². The van der Waals surface area contributed by atoms with E-state index in [1.165, 1.54) is 6.42 Å². The van der Waals surface area contributed by atoms with Gasteiger partial charge in [-0.1, -0.05) is 6.07 Å². The number of aromatic nitrogens is 2. The minimum Gasteiger partial charge on any atom is -0.339 e. The number of nitrogens with zero attached hydrogens (tertiary/aromatic N) is 3. The van der Waals surface area contributed by atoms with Gasteiger partial charge < -0.3 is 10.6 Å². The summed E-state index contributed by atoms with van der Waals surface area (Å²) < 4.78 is 0. The monoisotopic (exact) mass is 265 g/mol. The molecule has 0 saturated carbocycles. The van der Waals surface area contributed by atoms with Gasteiger partial charge in [0.1, 0.15) is 17.6 Å². The Labute approximate surface area is 117 Å². The number of anilines is 2. The van der Waals surface area contributed by atoms with E-state index in [0.29, 0.717) is 11.7 Å². The summed E-state index contributed by atoms with van der Waals surface area (Å²) >= 11 is 0. The molecule has 5 heteroatoms. The van der Waals surface area contributed by atoms with E-state index >= 15 is 0 Å². The molecule has 0 radical (unpaired) electrons. The van der Waals surface area contributed by atoms with Gasteiger partial charge in [0.15, 0.2) is 0 Å². The number of pyridine rings is 2. The van der Waals surface area contributed by atoms with Crippen LogP contribution in [0.2, 0.25) is 0 Å². The molecule has 2 aromatic heterocycles. The van der Waals surface area contributed by atoms with Gasteiger partial charge in [0, 0.05) is 6.04 Å². The minimum absolute atomic E-state index is 0.357. The van der Waals surface area contributed by atoms with Crippen molar-refractivity contribution in [1.29, 1.82) is 5.26 Å². The fourth-order valence-electron chi connectivity index (χ4n) is 2.33. The van der Waals surface area contributed by atoms with E-state index in [-0.39, 0.29) is 0 Å². The van der Waals surface area contributed by atoms with Gasteiger partial charge in [-0.25, -0.2) is 9.97 Å². The third-order valence-corrected chi connectivity index (χ3v) is 3.34. The number of rotatable bonds is 3. The second-order valence-corrected chi connectivity index (χ2v) is 4.77. The van der Waals surface area contributed by atoms with Gasteiger partial charge in [0.25, 0.3) is 0 Å². The molecule has 1 atom stereocenters. The molecule has 0 bridgehead atoms. The van der Waals surface area contributed by atoms with Crippen LogP contribution in [0.1, 0.15) is 30.3 Å². The lowest BCUT2D eigenvalue weighted by molar-refractivity contribution is 0.629. The second kappa shape index (κ2) is 5.68. The van der Waals surface area contributed by atoms with Gasteiger partial charge in [-0.05, 0) is 43.7 Å². The molecule has 1 saturated heterocycles. The third kappa shape index (κ3) is 2.76. The summed E-state index contributed by atoms with van der Waals surface area (Å²) in [5.74, 6) is 0.794. The number of nitriles is 1. The molecule has 3 heterocycles. The molecular formula is C15H15N5. The second-order valence-electron chi connectivity index (χ2n) is 4.77. The Balaban J connectivity index is 1.76. The van der Waals surface area contributed by atoms with Crippen LogP contribution in [0.15, 0.2) is 36.5 Å². The molecule has 5 nitrogen and oxygen atoms in total. The van der Waals surface area contributed by atoms with Crippen molar-refractivity contribution < 1.29 is 0 Å². The van der Waals surface area contributed by atoms with Gasteiger partial charge in [-0.3, -0.25) is 0 Å². The first-order valence-corrected chi connectivity index (χ1v) is 6.69. The van der Waals surface area contributed by atoms with Gasteiger partial charge >= 0.3 is 0 Å². The highest BCUT2D eigenvalue weighted by Gasteiger charge is 2.17. The van der Waals surface area contributed by atoms with E-state index < -0.39 is 0 Å². The molecule has 0 aromatic carbocycles. The lowest BCUT2D eigenvalue weighted by atomic mass is 10.1. The third-order valence-electron chi connectivity index (χ3n) is 3.34. The molecule has 0 aliphatic carbocycles. The normalized spacial score (nSPS) is 17.6. The first-order chi connectivity index (χ1) is 9.85. The Morgan fingerprint density at radius 1 is 1.30 bits per heavy atom. The summed E-state index contributed by atoms with van der Waals surface area (Å²) in [6, 6.07) is 11.8. The number of hydrogen-bond donors (Lipinski definition) is 2. The van der Waals surface area contributed by atoms with E-state index in [1.807, 2.05) is 30.3 Å². The molecule has 1 aliphatic rings. The largest absolute Gasteiger partial charge is 0.339 e. The molecule has 0 spiro atoms. The molecule has 1 aliphatic heterocycles. The molecular weight excluding hydrogens is 250 g/mol. The Bertz CT molecular complexity index is 623. The van der Waals surface area contributed by atoms with Crippen molar-refractivity contribution in [2.24, 2.45) is 0 Å². The molecule has 2 N–H and O–H groups in total. The fraction of sp³-hybridized carbons (Fsp3) is 0.267. The highest BCUT2D eigenvalue weighted by atomic mass is 15.0. The van der Waals surface area contributed by atoms with Crippen molar-refractivity contribution in [3.63, 3.8) is 0 Å². The molecule has 0 amide bonds. The standard InChI is InChI=1S/C15H15N5/c16-9-11-6-7-12(10-18-11)19-15-5-1-3-14(20-15)13-4-2-8-17-13/h1,3,5-7,10,13,17H,2,4,8H2,(H,19,20)/t13-/m0/s1. The van der Waals surface area contributed by atoms with Crippen LogP contribution in [-0.4, -0.2) is 16.5 Å². The predicted molar refractivity (Wildman–Crippen MR) is 76.4 cm³/mol. The molecule has 1 fully saturated rings. The van der Waals surface area contributed by atoms with Crippen molar-refractivity contribution in [3.05, 3.63) is 47.9 Å². The highest BCUT2D eigenvalue weighted by molar-refractivity contribution is 5.55. The van der Waals surface area contributed by atoms with Crippen LogP contribution in [0.5, 0.6) is 0 Å². The number of hydrogen-bond acceptors (Lipinski definition) is 5. The van der Waals surface area contributed by atoms with Crippen LogP contribution in [0.4, 0.5) is 11.5 Å². The van der Waals surface area contributed by atoms with E-state index in [9.17, 15) is 0 Å². The van der Waals surface area contributed by atoms with Crippen LogP contribution < -0.4 is 10.6 Å². The fourth-order valence-corrected chi connectivity index (χ4v) is 2.33. The van der Waals surface area contributed by atoms with Crippen molar-refractivity contribution in [2.75, 3.05) is 11.9 Å². The molecule has 20 heavy (non-hydrogen) atoms. The smallest absolute Gasteiger partial charge is 0.140 e. The predicted octanol–water partition coefficient (Wildman–Crippen LogP) is 2.52. The number of nitrogens with one attached hydrogen (secondary N) is 2. The topological polar surface area (TPSA) is 73.6 Å². The summed E-state index contributed by atoms with van der Waals surface area (Å²) in [4.78, 5) is 8.66. The maximum atomic E-state index is 8.72. The Morgan fingerprint density at radius 2 is 2.25 bits per heavy atom. The van der Waals surface area contributed by atoms with Gasteiger partial charge in [-0.15, -0.1) is 0 Å². The lowest BCUT2D eigenvalue weighted by Crippen LogP contribution is -2.14. The zero-order valence-electron chi connectivity index (χ0n) is 11.0. The first kappa shape index (κ1) is 12.6. The SMILES string of the molecule is N#Cc1ccc(Nc2cccc([C@@H]3CCCN3)n2)cn1. The molecule has 0 unspecified atom stereocenters. The average Bonchev–Trinajstić information content (AvgIpc) is 3.03. The zero-order chi connectivity index (χ0) is 13.8. The van der Waals surface area contributed by atoms with E-state index in [2.05, 4.69) is 20.6 Å². The first-order valence-electron chi connectivity index (χ1n) is 6.69. The van der Waals surface area contributed by atoms with Gasteiger partial charge in [0.2, 0.25) is 0 Å². The summed E-state index contributed by atoms with van der Waals surface area (Å²) in [5, 5.41) is 15.4. The summed E-state index contributed by atoms with van der Waals surface area (Å²) in [5.41, 5.74) is 2.30. The van der Waals surface area contributed by atoms with Gasteiger partial charge in [0.05, 0.1) is 17.6 Å². The van der Waals surface area contributed by atoms with Crippen molar-refractivity contribution >= 4 is 11.5 Å². The maximum Gasteiger partial charge on any atom is 0.140 e. The zero-order valence-corrected chi connectivity index (χ0v) is 11.0. The van der Waals surface area contributed by atoms with Crippen molar-refractivity contribution in [2.45, 2.75) is 18.9 Å². The average molecular weight is 265 g/mol. The van der Waals surface area contributed by atoms with Crippen LogP contribution >= 0.6 is 0 Å². The van der Waals surface area contributed by atoms with Crippen LogP contribution in [0.3, 0.4) is 0 Å². The van der Waals surface area contributed by atoms with Gasteiger partial charge in [-0.2, -0.15) is 5.26 Å². The lowest BCUT2D eigenvalue weighted by Gasteiger charge is -2.12. The Kier molecular flexibility index (Phi) is 3.57. The van der Waals surface area contributed by atoms with E-state index in [4.69, 9.17) is 5.26 Å². The molecule has 3 rings (SSSR count). The van der Waals surface area contributed by atoms with Crippen molar-refractivity contribution in [1.82, 2.24) is 15.3 Å². The summed E-state index contributed by atoms with van der Waals surface area (Å²) in [6.45, 7) is 1.06. The Hall–Kier alpha value is -2.45. The Morgan fingerprint density at radius 3 is 2.95 bits per heavy atom. The van der Waals surface area contributed by atoms with E-state index in [0.717, 1.165) is 30.2 Å². The maximum absolute atomic E-state index is 8.72. The van der Waals surface area contributed by atoms with Crippen LogP contribution in [0.25, 0.3) is 0 Å².